The quantitative estimate of drug-likeness (QED) is 0.651. The highest BCUT2D eigenvalue weighted by molar-refractivity contribution is 6.39. The van der Waals surface area contributed by atoms with E-state index in [0.29, 0.717) is 36.7 Å². The summed E-state index contributed by atoms with van der Waals surface area (Å²) < 4.78 is 0. The standard InChI is InChI=1S/C21H24N6O3/c1-12-8-15(11-23-18(12)22)25-20(29)21(30)27-7-3-2-4-16(27)14-9-13-5-6-17(28)26-19(13)24-10-14/h8-11,16H,2-7H2,1H3,(H2,22,23)(H,25,29)(H,24,26,28)/t16-/m0/s1. The van der Waals surface area contributed by atoms with E-state index < -0.39 is 11.8 Å². The number of anilines is 3. The highest BCUT2D eigenvalue weighted by Crippen LogP contribution is 2.33. The molecular formula is C21H24N6O3. The van der Waals surface area contributed by atoms with Crippen molar-refractivity contribution in [3.05, 3.63) is 41.2 Å². The zero-order valence-electron chi connectivity index (χ0n) is 16.8. The minimum atomic E-state index is -0.703. The van der Waals surface area contributed by atoms with Crippen LogP contribution in [0.15, 0.2) is 24.5 Å². The molecule has 156 valence electrons. The average Bonchev–Trinajstić information content (AvgIpc) is 2.75. The lowest BCUT2D eigenvalue weighted by Crippen LogP contribution is -2.44. The van der Waals surface area contributed by atoms with Crippen LogP contribution in [0.1, 0.15) is 48.4 Å². The Morgan fingerprint density at radius 1 is 1.20 bits per heavy atom. The number of carbonyl (C=O) groups excluding carboxylic acids is 3. The highest BCUT2D eigenvalue weighted by atomic mass is 16.2. The molecule has 2 aromatic rings. The molecule has 4 rings (SSSR count). The van der Waals surface area contributed by atoms with Crippen LogP contribution in [0, 0.1) is 6.92 Å². The predicted octanol–water partition coefficient (Wildman–Crippen LogP) is 1.94. The maximum Gasteiger partial charge on any atom is 0.313 e. The Bertz CT molecular complexity index is 1020. The number of aromatic nitrogens is 2. The van der Waals surface area contributed by atoms with Crippen LogP contribution in [0.2, 0.25) is 0 Å². The summed E-state index contributed by atoms with van der Waals surface area (Å²) in [6.45, 7) is 2.29. The molecule has 3 amide bonds. The van der Waals surface area contributed by atoms with E-state index in [9.17, 15) is 14.4 Å². The van der Waals surface area contributed by atoms with Gasteiger partial charge in [0.15, 0.2) is 0 Å². The fourth-order valence-corrected chi connectivity index (χ4v) is 3.95. The third-order valence-corrected chi connectivity index (χ3v) is 5.59. The van der Waals surface area contributed by atoms with Crippen LogP contribution in [0.3, 0.4) is 0 Å². The van der Waals surface area contributed by atoms with Crippen molar-refractivity contribution in [2.24, 2.45) is 0 Å². The number of likely N-dealkylation sites (tertiary alicyclic amines) is 1. The van der Waals surface area contributed by atoms with E-state index >= 15 is 0 Å². The normalized spacial score (nSPS) is 18.4. The van der Waals surface area contributed by atoms with Crippen LogP contribution in [-0.4, -0.2) is 39.1 Å². The zero-order chi connectivity index (χ0) is 21.3. The largest absolute Gasteiger partial charge is 0.383 e. The molecule has 9 nitrogen and oxygen atoms in total. The van der Waals surface area contributed by atoms with Crippen molar-refractivity contribution in [2.45, 2.75) is 45.1 Å². The number of nitrogens with one attached hydrogen (secondary N) is 2. The maximum atomic E-state index is 13.0. The van der Waals surface area contributed by atoms with Crippen molar-refractivity contribution in [3.8, 4) is 0 Å². The molecule has 1 saturated heterocycles. The van der Waals surface area contributed by atoms with E-state index in [-0.39, 0.29) is 11.9 Å². The average molecular weight is 408 g/mol. The fourth-order valence-electron chi connectivity index (χ4n) is 3.95. The number of nitrogens with two attached hydrogens (primary N) is 1. The van der Waals surface area contributed by atoms with Crippen molar-refractivity contribution in [2.75, 3.05) is 22.9 Å². The smallest absolute Gasteiger partial charge is 0.313 e. The second-order valence-electron chi connectivity index (χ2n) is 7.71. The number of nitrogen functional groups attached to an aromatic ring is 1. The van der Waals surface area contributed by atoms with Crippen LogP contribution < -0.4 is 16.4 Å². The monoisotopic (exact) mass is 408 g/mol. The van der Waals surface area contributed by atoms with E-state index in [4.69, 9.17) is 5.73 Å². The van der Waals surface area contributed by atoms with Crippen molar-refractivity contribution < 1.29 is 14.4 Å². The van der Waals surface area contributed by atoms with Gasteiger partial charge in [-0.1, -0.05) is 0 Å². The number of piperidine rings is 1. The SMILES string of the molecule is Cc1cc(NC(=O)C(=O)N2CCCC[C@H]2c2cnc3c(c2)CCC(=O)N3)cnc1N. The summed E-state index contributed by atoms with van der Waals surface area (Å²) in [7, 11) is 0. The molecule has 0 bridgehead atoms. The third kappa shape index (κ3) is 3.96. The number of pyridine rings is 2. The van der Waals surface area contributed by atoms with Gasteiger partial charge in [0.25, 0.3) is 0 Å². The molecule has 0 spiro atoms. The summed E-state index contributed by atoms with van der Waals surface area (Å²) in [5.41, 5.74) is 8.70. The molecule has 0 radical (unpaired) electrons. The summed E-state index contributed by atoms with van der Waals surface area (Å²) in [5.74, 6) is -0.369. The van der Waals surface area contributed by atoms with Gasteiger partial charge in [-0.05, 0) is 61.4 Å². The first-order valence-corrected chi connectivity index (χ1v) is 10.0. The molecule has 9 heteroatoms. The summed E-state index contributed by atoms with van der Waals surface area (Å²) in [4.78, 5) is 47.2. The van der Waals surface area contributed by atoms with Crippen LogP contribution in [0.4, 0.5) is 17.3 Å². The number of hydrogen-bond donors (Lipinski definition) is 3. The van der Waals surface area contributed by atoms with Gasteiger partial charge in [-0.25, -0.2) is 9.97 Å². The Kier molecular flexibility index (Phi) is 5.35. The first-order chi connectivity index (χ1) is 14.4. The maximum absolute atomic E-state index is 13.0. The van der Waals surface area contributed by atoms with Gasteiger partial charge in [-0.15, -0.1) is 0 Å². The van der Waals surface area contributed by atoms with E-state index in [1.807, 2.05) is 6.07 Å². The molecule has 2 aromatic heterocycles. The summed E-state index contributed by atoms with van der Waals surface area (Å²) in [5, 5.41) is 5.39. The summed E-state index contributed by atoms with van der Waals surface area (Å²) in [6, 6.07) is 3.45. The molecule has 4 N–H and O–H groups in total. The third-order valence-electron chi connectivity index (χ3n) is 5.59. The molecule has 0 unspecified atom stereocenters. The Morgan fingerprint density at radius 3 is 2.83 bits per heavy atom. The summed E-state index contributed by atoms with van der Waals surface area (Å²) >= 11 is 0. The molecule has 1 fully saturated rings. The molecule has 2 aliphatic rings. The lowest BCUT2D eigenvalue weighted by atomic mass is 9.94. The number of fused-ring (bicyclic) bond motifs is 1. The number of amides is 3. The van der Waals surface area contributed by atoms with Gasteiger partial charge in [-0.3, -0.25) is 14.4 Å². The van der Waals surface area contributed by atoms with E-state index in [1.165, 1.54) is 6.20 Å². The number of aryl methyl sites for hydroxylation is 2. The molecular weight excluding hydrogens is 384 g/mol. The Hall–Kier alpha value is -3.49. The van der Waals surface area contributed by atoms with Gasteiger partial charge in [0, 0.05) is 19.2 Å². The van der Waals surface area contributed by atoms with Gasteiger partial charge in [0.2, 0.25) is 5.91 Å². The first-order valence-electron chi connectivity index (χ1n) is 10.0. The Morgan fingerprint density at radius 2 is 2.03 bits per heavy atom. The van der Waals surface area contributed by atoms with E-state index in [0.717, 1.165) is 36.0 Å². The van der Waals surface area contributed by atoms with Gasteiger partial charge < -0.3 is 21.3 Å². The molecule has 0 saturated carbocycles. The molecule has 0 aliphatic carbocycles. The molecule has 0 aromatic carbocycles. The van der Waals surface area contributed by atoms with Gasteiger partial charge >= 0.3 is 11.8 Å². The molecule has 30 heavy (non-hydrogen) atoms. The number of rotatable bonds is 2. The molecule has 2 aliphatic heterocycles. The topological polar surface area (TPSA) is 130 Å². The van der Waals surface area contributed by atoms with Crippen molar-refractivity contribution in [1.82, 2.24) is 14.9 Å². The lowest BCUT2D eigenvalue weighted by molar-refractivity contribution is -0.145. The van der Waals surface area contributed by atoms with Crippen LogP contribution in [-0.2, 0) is 20.8 Å². The minimum Gasteiger partial charge on any atom is -0.383 e. The number of carbonyl (C=O) groups is 3. The van der Waals surface area contributed by atoms with Gasteiger partial charge in [0.1, 0.15) is 11.6 Å². The lowest BCUT2D eigenvalue weighted by Gasteiger charge is -2.35. The Balaban J connectivity index is 1.53. The Labute approximate surface area is 174 Å². The van der Waals surface area contributed by atoms with Gasteiger partial charge in [0.05, 0.1) is 17.9 Å². The number of nitrogens with zero attached hydrogens (tertiary/aromatic N) is 3. The van der Waals surface area contributed by atoms with Gasteiger partial charge in [-0.2, -0.15) is 0 Å². The van der Waals surface area contributed by atoms with Crippen molar-refractivity contribution in [3.63, 3.8) is 0 Å². The second-order valence-corrected chi connectivity index (χ2v) is 7.71. The van der Waals surface area contributed by atoms with E-state index in [2.05, 4.69) is 20.6 Å². The molecule has 4 heterocycles. The van der Waals surface area contributed by atoms with Crippen LogP contribution in [0.25, 0.3) is 0 Å². The molecule has 1 atom stereocenters. The van der Waals surface area contributed by atoms with Crippen molar-refractivity contribution >= 4 is 35.0 Å². The number of hydrogen-bond acceptors (Lipinski definition) is 6. The predicted molar refractivity (Wildman–Crippen MR) is 112 cm³/mol. The zero-order valence-corrected chi connectivity index (χ0v) is 16.8. The fraction of sp³-hybridized carbons (Fsp3) is 0.381. The first kappa shape index (κ1) is 19.8. The van der Waals surface area contributed by atoms with Crippen molar-refractivity contribution in [1.29, 1.82) is 0 Å². The highest BCUT2D eigenvalue weighted by Gasteiger charge is 2.32. The minimum absolute atomic E-state index is 0.0405. The van der Waals surface area contributed by atoms with E-state index in [1.54, 1.807) is 24.1 Å². The second kappa shape index (κ2) is 8.10. The van der Waals surface area contributed by atoms with Crippen LogP contribution in [0.5, 0.6) is 0 Å². The van der Waals surface area contributed by atoms with Crippen LogP contribution >= 0.6 is 0 Å². The summed E-state index contributed by atoms with van der Waals surface area (Å²) in [6.07, 6.45) is 6.72.